The molecule has 4 heteroatoms. The van der Waals surface area contributed by atoms with Crippen molar-refractivity contribution in [3.63, 3.8) is 0 Å². The van der Waals surface area contributed by atoms with Crippen molar-refractivity contribution in [2.75, 3.05) is 6.61 Å². The van der Waals surface area contributed by atoms with Crippen molar-refractivity contribution in [3.8, 4) is 0 Å². The van der Waals surface area contributed by atoms with Gasteiger partial charge in [-0.1, -0.05) is 25.7 Å². The first kappa shape index (κ1) is 16.4. The van der Waals surface area contributed by atoms with E-state index >= 15 is 0 Å². The first-order valence-electron chi connectivity index (χ1n) is 7.81. The molecule has 1 aliphatic rings. The van der Waals surface area contributed by atoms with Crippen molar-refractivity contribution in [3.05, 3.63) is 34.9 Å². The lowest BCUT2D eigenvalue weighted by molar-refractivity contribution is 0.153. The summed E-state index contributed by atoms with van der Waals surface area (Å²) in [5, 5.41) is 13.1. The summed E-state index contributed by atoms with van der Waals surface area (Å²) in [6, 6.07) is 2.66. The van der Waals surface area contributed by atoms with E-state index in [2.05, 4.69) is 5.32 Å². The zero-order valence-electron chi connectivity index (χ0n) is 12.9. The van der Waals surface area contributed by atoms with Crippen molar-refractivity contribution < 1.29 is 13.9 Å². The Balaban J connectivity index is 2.25. The van der Waals surface area contributed by atoms with Crippen molar-refractivity contribution in [2.24, 2.45) is 0 Å². The van der Waals surface area contributed by atoms with Gasteiger partial charge in [0.25, 0.3) is 0 Å². The highest BCUT2D eigenvalue weighted by atomic mass is 19.1. The smallest absolute Gasteiger partial charge is 0.128 e. The number of benzene rings is 1. The van der Waals surface area contributed by atoms with Crippen molar-refractivity contribution >= 4 is 0 Å². The van der Waals surface area contributed by atoms with E-state index in [1.807, 2.05) is 0 Å². The molecular weight excluding hydrogens is 272 g/mol. The maximum Gasteiger partial charge on any atom is 0.128 e. The van der Waals surface area contributed by atoms with Gasteiger partial charge >= 0.3 is 0 Å². The van der Waals surface area contributed by atoms with Gasteiger partial charge in [-0.05, 0) is 44.4 Å². The Morgan fingerprint density at radius 3 is 2.33 bits per heavy atom. The maximum atomic E-state index is 14.2. The van der Waals surface area contributed by atoms with Crippen LogP contribution in [-0.2, 0) is 5.54 Å². The standard InChI is InChI=1S/C17H25F2NO/c1-12-9-16(19)14(10-15(12)18)17(2,11-21)20-13-7-5-3-4-6-8-13/h9-10,13,20-21H,3-8,11H2,1-2H3. The monoisotopic (exact) mass is 297 g/mol. The second-order valence-electron chi connectivity index (χ2n) is 6.40. The fourth-order valence-corrected chi connectivity index (χ4v) is 3.15. The minimum atomic E-state index is -0.951. The van der Waals surface area contributed by atoms with Crippen LogP contribution in [0, 0.1) is 18.6 Å². The molecule has 0 radical (unpaired) electrons. The largest absolute Gasteiger partial charge is 0.394 e. The fraction of sp³-hybridized carbons (Fsp3) is 0.647. The second kappa shape index (κ2) is 6.84. The molecule has 0 amide bonds. The minimum absolute atomic E-state index is 0.206. The molecule has 1 aliphatic carbocycles. The fourth-order valence-electron chi connectivity index (χ4n) is 3.15. The molecule has 1 fully saturated rings. The number of hydrogen-bond acceptors (Lipinski definition) is 2. The van der Waals surface area contributed by atoms with Crippen LogP contribution in [-0.4, -0.2) is 17.8 Å². The van der Waals surface area contributed by atoms with E-state index in [-0.39, 0.29) is 23.8 Å². The van der Waals surface area contributed by atoms with Crippen molar-refractivity contribution in [1.29, 1.82) is 0 Å². The summed E-state index contributed by atoms with van der Waals surface area (Å²) in [7, 11) is 0. The van der Waals surface area contributed by atoms with Crippen molar-refractivity contribution in [1.82, 2.24) is 5.32 Å². The van der Waals surface area contributed by atoms with Crippen LogP contribution in [0.3, 0.4) is 0 Å². The molecule has 0 spiro atoms. The highest BCUT2D eigenvalue weighted by Crippen LogP contribution is 2.28. The number of aryl methyl sites for hydroxylation is 1. The predicted octanol–water partition coefficient (Wildman–Crippen LogP) is 3.79. The molecular formula is C17H25F2NO. The van der Waals surface area contributed by atoms with Gasteiger partial charge in [0.2, 0.25) is 0 Å². The summed E-state index contributed by atoms with van der Waals surface area (Å²) in [6.07, 6.45) is 6.77. The lowest BCUT2D eigenvalue weighted by Gasteiger charge is -2.34. The summed E-state index contributed by atoms with van der Waals surface area (Å²) in [6.45, 7) is 3.02. The molecule has 1 aromatic rings. The van der Waals surface area contributed by atoms with Gasteiger partial charge in [0.15, 0.2) is 0 Å². The van der Waals surface area contributed by atoms with Gasteiger partial charge in [-0.25, -0.2) is 8.78 Å². The third-order valence-corrected chi connectivity index (χ3v) is 4.54. The molecule has 2 rings (SSSR count). The summed E-state index contributed by atoms with van der Waals surface area (Å²) < 4.78 is 28.0. The van der Waals surface area contributed by atoms with Gasteiger partial charge in [-0.3, -0.25) is 0 Å². The first-order valence-corrected chi connectivity index (χ1v) is 7.81. The highest BCUT2D eigenvalue weighted by Gasteiger charge is 2.32. The third kappa shape index (κ3) is 3.80. The number of halogens is 2. The molecule has 2 N–H and O–H groups in total. The maximum absolute atomic E-state index is 14.2. The molecule has 0 aromatic heterocycles. The molecule has 0 bridgehead atoms. The van der Waals surface area contributed by atoms with E-state index in [1.165, 1.54) is 31.9 Å². The predicted molar refractivity (Wildman–Crippen MR) is 80.2 cm³/mol. The molecule has 1 unspecified atom stereocenters. The lowest BCUT2D eigenvalue weighted by atomic mass is 9.89. The Hall–Kier alpha value is -1.00. The van der Waals surface area contributed by atoms with E-state index in [0.29, 0.717) is 0 Å². The van der Waals surface area contributed by atoms with Crippen LogP contribution in [0.4, 0.5) is 8.78 Å². The summed E-state index contributed by atoms with van der Waals surface area (Å²) in [5.74, 6) is -0.902. The summed E-state index contributed by atoms with van der Waals surface area (Å²) >= 11 is 0. The molecule has 1 aromatic carbocycles. The Bertz CT molecular complexity index is 484. The molecule has 0 saturated heterocycles. The third-order valence-electron chi connectivity index (χ3n) is 4.54. The van der Waals surface area contributed by atoms with Crippen LogP contribution in [0.2, 0.25) is 0 Å². The quantitative estimate of drug-likeness (QED) is 0.829. The Labute approximate surface area is 125 Å². The number of aliphatic hydroxyl groups is 1. The van der Waals surface area contributed by atoms with E-state index < -0.39 is 17.2 Å². The van der Waals surface area contributed by atoms with Crippen molar-refractivity contribution in [2.45, 2.75) is 64.0 Å². The summed E-state index contributed by atoms with van der Waals surface area (Å²) in [5.41, 5.74) is -0.462. The number of rotatable bonds is 4. The zero-order valence-corrected chi connectivity index (χ0v) is 12.9. The van der Waals surface area contributed by atoms with Crippen LogP contribution >= 0.6 is 0 Å². The first-order chi connectivity index (χ1) is 9.96. The van der Waals surface area contributed by atoms with E-state index in [0.717, 1.165) is 25.7 Å². The molecule has 21 heavy (non-hydrogen) atoms. The molecule has 2 nitrogen and oxygen atoms in total. The molecule has 1 saturated carbocycles. The number of nitrogens with one attached hydrogen (secondary N) is 1. The molecule has 0 aliphatic heterocycles. The van der Waals surface area contributed by atoms with Crippen LogP contribution in [0.5, 0.6) is 0 Å². The van der Waals surface area contributed by atoms with Crippen LogP contribution in [0.25, 0.3) is 0 Å². The average molecular weight is 297 g/mol. The SMILES string of the molecule is Cc1cc(F)c(C(C)(CO)NC2CCCCCC2)cc1F. The topological polar surface area (TPSA) is 32.3 Å². The van der Waals surface area contributed by atoms with Gasteiger partial charge in [0.05, 0.1) is 12.1 Å². The van der Waals surface area contributed by atoms with E-state index in [1.54, 1.807) is 6.92 Å². The van der Waals surface area contributed by atoms with E-state index in [9.17, 15) is 13.9 Å². The van der Waals surface area contributed by atoms with Gasteiger partial charge < -0.3 is 10.4 Å². The van der Waals surface area contributed by atoms with Crippen LogP contribution in [0.1, 0.15) is 56.6 Å². The van der Waals surface area contributed by atoms with Crippen LogP contribution < -0.4 is 5.32 Å². The molecule has 0 heterocycles. The normalized spacial score (nSPS) is 20.0. The van der Waals surface area contributed by atoms with Gasteiger partial charge in [-0.15, -0.1) is 0 Å². The lowest BCUT2D eigenvalue weighted by Crippen LogP contribution is -2.49. The van der Waals surface area contributed by atoms with Gasteiger partial charge in [0, 0.05) is 11.6 Å². The Kier molecular flexibility index (Phi) is 5.33. The summed E-state index contributed by atoms with van der Waals surface area (Å²) in [4.78, 5) is 0. The molecule has 1 atom stereocenters. The Morgan fingerprint density at radius 2 is 1.76 bits per heavy atom. The Morgan fingerprint density at radius 1 is 1.14 bits per heavy atom. The number of aliphatic hydroxyl groups excluding tert-OH is 1. The zero-order chi connectivity index (χ0) is 15.5. The second-order valence-corrected chi connectivity index (χ2v) is 6.40. The number of hydrogen-bond donors (Lipinski definition) is 2. The minimum Gasteiger partial charge on any atom is -0.394 e. The van der Waals surface area contributed by atoms with Gasteiger partial charge in [0.1, 0.15) is 11.6 Å². The van der Waals surface area contributed by atoms with E-state index in [4.69, 9.17) is 0 Å². The highest BCUT2D eigenvalue weighted by molar-refractivity contribution is 5.31. The average Bonchev–Trinajstić information content (AvgIpc) is 2.71. The van der Waals surface area contributed by atoms with Crippen LogP contribution in [0.15, 0.2) is 12.1 Å². The molecule has 118 valence electrons. The van der Waals surface area contributed by atoms with Gasteiger partial charge in [-0.2, -0.15) is 0 Å².